The van der Waals surface area contributed by atoms with Gasteiger partial charge in [-0.3, -0.25) is 0 Å². The van der Waals surface area contributed by atoms with Crippen LogP contribution < -0.4 is 10.2 Å². The molecule has 2 aliphatic heterocycles. The first-order chi connectivity index (χ1) is 9.91. The lowest BCUT2D eigenvalue weighted by atomic mass is 9.95. The van der Waals surface area contributed by atoms with Crippen LogP contribution in [0.15, 0.2) is 18.2 Å². The third-order valence-electron chi connectivity index (χ3n) is 4.70. The van der Waals surface area contributed by atoms with Crippen molar-refractivity contribution < 1.29 is 13.2 Å². The molecule has 0 spiro atoms. The molecule has 3 unspecified atom stereocenters. The molecule has 2 saturated heterocycles. The van der Waals surface area contributed by atoms with Gasteiger partial charge in [-0.25, -0.2) is 0 Å². The summed E-state index contributed by atoms with van der Waals surface area (Å²) in [6, 6.07) is 5.81. The van der Waals surface area contributed by atoms with Gasteiger partial charge >= 0.3 is 6.18 Å². The van der Waals surface area contributed by atoms with Crippen molar-refractivity contribution in [3.05, 3.63) is 29.3 Å². The Morgan fingerprint density at radius 2 is 2.10 bits per heavy atom. The van der Waals surface area contributed by atoms with Gasteiger partial charge in [0.1, 0.15) is 0 Å². The summed E-state index contributed by atoms with van der Waals surface area (Å²) in [7, 11) is 0. The summed E-state index contributed by atoms with van der Waals surface area (Å²) in [4.78, 5) is 2.12. The van der Waals surface area contributed by atoms with Gasteiger partial charge < -0.3 is 10.2 Å². The highest BCUT2D eigenvalue weighted by Crippen LogP contribution is 2.38. The van der Waals surface area contributed by atoms with Crippen LogP contribution in [0.4, 0.5) is 18.9 Å². The Hall–Kier alpha value is -1.74. The third kappa shape index (κ3) is 2.36. The van der Waals surface area contributed by atoms with Crippen LogP contribution in [-0.2, 0) is 6.18 Å². The number of nitriles is 1. The lowest BCUT2D eigenvalue weighted by Crippen LogP contribution is -2.33. The summed E-state index contributed by atoms with van der Waals surface area (Å²) < 4.78 is 38.5. The highest BCUT2D eigenvalue weighted by molar-refractivity contribution is 5.57. The Labute approximate surface area is 121 Å². The number of nitrogens with one attached hydrogen (secondary N) is 1. The van der Waals surface area contributed by atoms with Gasteiger partial charge in [-0.1, -0.05) is 0 Å². The molecule has 0 saturated carbocycles. The third-order valence-corrected chi connectivity index (χ3v) is 4.70. The molecular formula is C15H16F3N3. The highest BCUT2D eigenvalue weighted by Gasteiger charge is 2.42. The molecule has 6 heteroatoms. The molecule has 0 amide bonds. The van der Waals surface area contributed by atoms with E-state index in [-0.39, 0.29) is 11.6 Å². The van der Waals surface area contributed by atoms with Crippen molar-refractivity contribution in [1.29, 1.82) is 5.26 Å². The Bertz CT molecular complexity index is 591. The summed E-state index contributed by atoms with van der Waals surface area (Å²) >= 11 is 0. The van der Waals surface area contributed by atoms with Crippen molar-refractivity contribution in [3.8, 4) is 6.07 Å². The lowest BCUT2D eigenvalue weighted by Gasteiger charge is -2.27. The fraction of sp³-hybridized carbons (Fsp3) is 0.533. The van der Waals surface area contributed by atoms with Crippen LogP contribution in [0, 0.1) is 23.2 Å². The van der Waals surface area contributed by atoms with E-state index in [2.05, 4.69) is 17.1 Å². The summed E-state index contributed by atoms with van der Waals surface area (Å²) in [5.41, 5.74) is -0.453. The molecule has 1 N–H and O–H groups in total. The van der Waals surface area contributed by atoms with Crippen LogP contribution >= 0.6 is 0 Å². The minimum Gasteiger partial charge on any atom is -0.368 e. The Morgan fingerprint density at radius 3 is 2.71 bits per heavy atom. The van der Waals surface area contributed by atoms with E-state index in [1.54, 1.807) is 6.07 Å². The van der Waals surface area contributed by atoms with E-state index in [1.165, 1.54) is 12.1 Å². The van der Waals surface area contributed by atoms with Crippen molar-refractivity contribution in [3.63, 3.8) is 0 Å². The predicted molar refractivity (Wildman–Crippen MR) is 72.8 cm³/mol. The van der Waals surface area contributed by atoms with Crippen LogP contribution in [0.25, 0.3) is 0 Å². The van der Waals surface area contributed by atoms with E-state index in [9.17, 15) is 13.2 Å². The zero-order chi connectivity index (χ0) is 15.2. The smallest absolute Gasteiger partial charge is 0.368 e. The van der Waals surface area contributed by atoms with Gasteiger partial charge in [0.25, 0.3) is 0 Å². The maximum atomic E-state index is 12.8. The van der Waals surface area contributed by atoms with Crippen LogP contribution in [0.2, 0.25) is 0 Å². The fourth-order valence-corrected chi connectivity index (χ4v) is 3.56. The SMILES string of the molecule is CC1C2CNCC2CN1c1ccc(C(F)(F)F)c(C#N)c1. The first kappa shape index (κ1) is 14.2. The molecule has 3 rings (SSSR count). The van der Waals surface area contributed by atoms with Crippen molar-refractivity contribution in [2.45, 2.75) is 19.1 Å². The first-order valence-corrected chi connectivity index (χ1v) is 7.00. The van der Waals surface area contributed by atoms with Gasteiger partial charge in [0.15, 0.2) is 0 Å². The molecule has 2 aliphatic rings. The number of halogens is 3. The molecule has 3 atom stereocenters. The van der Waals surface area contributed by atoms with Gasteiger partial charge in [0, 0.05) is 31.4 Å². The molecule has 0 radical (unpaired) electrons. The van der Waals surface area contributed by atoms with E-state index in [0.717, 1.165) is 25.7 Å². The molecule has 1 aromatic rings. The van der Waals surface area contributed by atoms with Crippen LogP contribution in [0.3, 0.4) is 0 Å². The van der Waals surface area contributed by atoms with E-state index in [0.29, 0.717) is 17.5 Å². The van der Waals surface area contributed by atoms with E-state index in [4.69, 9.17) is 5.26 Å². The minimum atomic E-state index is -4.49. The van der Waals surface area contributed by atoms with Crippen molar-refractivity contribution in [2.75, 3.05) is 24.5 Å². The van der Waals surface area contributed by atoms with Crippen molar-refractivity contribution >= 4 is 5.69 Å². The number of hydrogen-bond donors (Lipinski definition) is 1. The van der Waals surface area contributed by atoms with Crippen LogP contribution in [0.5, 0.6) is 0 Å². The topological polar surface area (TPSA) is 39.1 Å². The van der Waals surface area contributed by atoms with Crippen LogP contribution in [-0.4, -0.2) is 25.7 Å². The predicted octanol–water partition coefficient (Wildman–Crippen LogP) is 2.62. The minimum absolute atomic E-state index is 0.272. The van der Waals surface area contributed by atoms with Gasteiger partial charge in [0.05, 0.1) is 17.2 Å². The Kier molecular flexibility index (Phi) is 3.33. The van der Waals surface area contributed by atoms with Gasteiger partial charge in [-0.05, 0) is 37.0 Å². The number of benzene rings is 1. The number of hydrogen-bond acceptors (Lipinski definition) is 3. The fourth-order valence-electron chi connectivity index (χ4n) is 3.56. The molecule has 112 valence electrons. The highest BCUT2D eigenvalue weighted by atomic mass is 19.4. The summed E-state index contributed by atoms with van der Waals surface area (Å²) in [5, 5.41) is 12.3. The molecule has 0 aromatic heterocycles. The molecule has 3 nitrogen and oxygen atoms in total. The molecule has 21 heavy (non-hydrogen) atoms. The molecule has 1 aromatic carbocycles. The van der Waals surface area contributed by atoms with E-state index in [1.807, 2.05) is 0 Å². The molecule has 0 bridgehead atoms. The summed E-state index contributed by atoms with van der Waals surface area (Å²) in [6.45, 7) is 4.84. The number of fused-ring (bicyclic) bond motifs is 1. The largest absolute Gasteiger partial charge is 0.417 e. The zero-order valence-electron chi connectivity index (χ0n) is 11.6. The first-order valence-electron chi connectivity index (χ1n) is 7.00. The quantitative estimate of drug-likeness (QED) is 0.865. The number of anilines is 1. The molecule has 2 heterocycles. The molecule has 2 fully saturated rings. The number of rotatable bonds is 1. The normalized spacial score (nSPS) is 28.5. The lowest BCUT2D eigenvalue weighted by molar-refractivity contribution is -0.137. The van der Waals surface area contributed by atoms with E-state index >= 15 is 0 Å². The number of nitrogens with zero attached hydrogens (tertiary/aromatic N) is 2. The average molecular weight is 295 g/mol. The average Bonchev–Trinajstić information content (AvgIpc) is 3.00. The second-order valence-corrected chi connectivity index (χ2v) is 5.81. The molecule has 0 aliphatic carbocycles. The zero-order valence-corrected chi connectivity index (χ0v) is 11.6. The Balaban J connectivity index is 1.92. The Morgan fingerprint density at radius 1 is 1.33 bits per heavy atom. The second-order valence-electron chi connectivity index (χ2n) is 5.81. The van der Waals surface area contributed by atoms with Gasteiger partial charge in [-0.2, -0.15) is 18.4 Å². The standard InChI is InChI=1S/C15H16F3N3/c1-9-13-7-20-6-11(13)8-21(9)12-2-3-14(15(16,17)18)10(4-12)5-19/h2-4,9,11,13,20H,6-8H2,1H3. The summed E-state index contributed by atoms with van der Waals surface area (Å²) in [6.07, 6.45) is -4.49. The second kappa shape index (κ2) is 4.92. The van der Waals surface area contributed by atoms with Crippen molar-refractivity contribution in [1.82, 2.24) is 5.32 Å². The van der Waals surface area contributed by atoms with Crippen LogP contribution in [0.1, 0.15) is 18.1 Å². The monoisotopic (exact) mass is 295 g/mol. The van der Waals surface area contributed by atoms with Gasteiger partial charge in [-0.15, -0.1) is 0 Å². The van der Waals surface area contributed by atoms with Gasteiger partial charge in [0.2, 0.25) is 0 Å². The van der Waals surface area contributed by atoms with E-state index < -0.39 is 11.7 Å². The number of alkyl halides is 3. The maximum absolute atomic E-state index is 12.8. The summed E-state index contributed by atoms with van der Waals surface area (Å²) in [5.74, 6) is 1.06. The maximum Gasteiger partial charge on any atom is 0.417 e. The molecular weight excluding hydrogens is 279 g/mol. The van der Waals surface area contributed by atoms with Crippen molar-refractivity contribution in [2.24, 2.45) is 11.8 Å².